The highest BCUT2D eigenvalue weighted by Gasteiger charge is 2.45. The van der Waals surface area contributed by atoms with Gasteiger partial charge in [-0.2, -0.15) is 0 Å². The first kappa shape index (κ1) is 29.2. The number of hydrogen-bond acceptors (Lipinski definition) is 0. The number of fused-ring (bicyclic) bond motifs is 9. The molecule has 0 fully saturated rings. The molecular formula is C50H38. The van der Waals surface area contributed by atoms with Gasteiger partial charge in [-0.1, -0.05) is 179 Å². The first-order valence-electron chi connectivity index (χ1n) is 17.9. The summed E-state index contributed by atoms with van der Waals surface area (Å²) in [5.41, 5.74) is 18.8. The van der Waals surface area contributed by atoms with Crippen LogP contribution in [0.1, 0.15) is 49.9 Å². The molecule has 2 aliphatic rings. The Morgan fingerprint density at radius 3 is 1.30 bits per heavy atom. The first-order valence-corrected chi connectivity index (χ1v) is 17.9. The van der Waals surface area contributed by atoms with Gasteiger partial charge in [0.15, 0.2) is 0 Å². The summed E-state index contributed by atoms with van der Waals surface area (Å²) in [6.45, 7) is 9.72. The second-order valence-electron chi connectivity index (χ2n) is 15.3. The van der Waals surface area contributed by atoms with Crippen molar-refractivity contribution in [3.8, 4) is 55.6 Å². The highest BCUT2D eigenvalue weighted by Crippen LogP contribution is 2.59. The van der Waals surface area contributed by atoms with Crippen molar-refractivity contribution in [2.24, 2.45) is 0 Å². The summed E-state index contributed by atoms with van der Waals surface area (Å²) >= 11 is 0. The minimum absolute atomic E-state index is 0.0546. The van der Waals surface area contributed by atoms with Gasteiger partial charge in [-0.25, -0.2) is 0 Å². The lowest BCUT2D eigenvalue weighted by Crippen LogP contribution is -2.24. The lowest BCUT2D eigenvalue weighted by molar-refractivity contribution is 0.601. The zero-order valence-corrected chi connectivity index (χ0v) is 29.0. The van der Waals surface area contributed by atoms with Crippen LogP contribution in [-0.4, -0.2) is 0 Å². The molecule has 8 aromatic carbocycles. The zero-order chi connectivity index (χ0) is 33.8. The topological polar surface area (TPSA) is 0 Å². The third-order valence-electron chi connectivity index (χ3n) is 11.8. The molecule has 50 heavy (non-hydrogen) atoms. The van der Waals surface area contributed by atoms with Gasteiger partial charge in [-0.15, -0.1) is 0 Å². The van der Waals surface area contributed by atoms with Crippen LogP contribution >= 0.6 is 0 Å². The molecule has 0 spiro atoms. The van der Waals surface area contributed by atoms with Gasteiger partial charge < -0.3 is 0 Å². The summed E-state index contributed by atoms with van der Waals surface area (Å²) in [6.07, 6.45) is 0. The molecule has 2 aliphatic carbocycles. The van der Waals surface area contributed by atoms with E-state index in [1.54, 1.807) is 0 Å². The van der Waals surface area contributed by atoms with Crippen LogP contribution in [0.2, 0.25) is 0 Å². The maximum absolute atomic E-state index is 2.51. The van der Waals surface area contributed by atoms with Gasteiger partial charge in [-0.3, -0.25) is 0 Å². The minimum Gasteiger partial charge on any atom is -0.0622 e. The Morgan fingerprint density at radius 2 is 0.700 bits per heavy atom. The maximum atomic E-state index is 2.51. The van der Waals surface area contributed by atoms with Gasteiger partial charge in [0.1, 0.15) is 0 Å². The molecule has 10 rings (SSSR count). The predicted octanol–water partition coefficient (Wildman–Crippen LogP) is 13.6. The molecule has 0 amide bonds. The summed E-state index contributed by atoms with van der Waals surface area (Å²) < 4.78 is 0. The van der Waals surface area contributed by atoms with Crippen molar-refractivity contribution in [3.63, 3.8) is 0 Å². The fraction of sp³-hybridized carbons (Fsp3) is 0.120. The molecular weight excluding hydrogens is 601 g/mol. The molecule has 0 bridgehead atoms. The van der Waals surface area contributed by atoms with Gasteiger partial charge in [0, 0.05) is 10.8 Å². The van der Waals surface area contributed by atoms with Crippen LogP contribution in [0.25, 0.3) is 77.2 Å². The van der Waals surface area contributed by atoms with Gasteiger partial charge in [0.25, 0.3) is 0 Å². The molecule has 0 atom stereocenters. The van der Waals surface area contributed by atoms with Crippen LogP contribution in [0, 0.1) is 0 Å². The number of benzene rings is 8. The second kappa shape index (κ2) is 10.4. The molecule has 238 valence electrons. The number of hydrogen-bond donors (Lipinski definition) is 0. The van der Waals surface area contributed by atoms with E-state index in [0.717, 1.165) is 0 Å². The van der Waals surface area contributed by atoms with E-state index >= 15 is 0 Å². The fourth-order valence-electron chi connectivity index (χ4n) is 9.54. The van der Waals surface area contributed by atoms with E-state index in [9.17, 15) is 0 Å². The van der Waals surface area contributed by atoms with E-state index in [-0.39, 0.29) is 10.8 Å². The molecule has 0 unspecified atom stereocenters. The van der Waals surface area contributed by atoms with Crippen molar-refractivity contribution in [2.45, 2.75) is 38.5 Å². The SMILES string of the molecule is CC1(C)c2ccccc2-c2ccc3c(c21)C(C)(C)c1cc(-c2c4ccccc4c(-c4ccc(-c5ccccc5)cc4)c4ccccc24)ccc1-3. The molecule has 0 N–H and O–H groups in total. The second-order valence-corrected chi connectivity index (χ2v) is 15.3. The molecule has 0 saturated heterocycles. The number of rotatable bonds is 3. The van der Waals surface area contributed by atoms with E-state index in [2.05, 4.69) is 185 Å². The van der Waals surface area contributed by atoms with Crippen LogP contribution in [0.15, 0.2) is 158 Å². The van der Waals surface area contributed by atoms with Crippen LogP contribution in [0.4, 0.5) is 0 Å². The Hall–Kier alpha value is -5.72. The average molecular weight is 639 g/mol. The lowest BCUT2D eigenvalue weighted by atomic mass is 9.72. The van der Waals surface area contributed by atoms with E-state index in [1.807, 2.05) is 0 Å². The van der Waals surface area contributed by atoms with E-state index in [1.165, 1.54) is 99.4 Å². The largest absolute Gasteiger partial charge is 0.0622 e. The minimum atomic E-state index is -0.141. The third kappa shape index (κ3) is 3.94. The average Bonchev–Trinajstić information content (AvgIpc) is 3.53. The first-order chi connectivity index (χ1) is 24.3. The Balaban J connectivity index is 1.17. The van der Waals surface area contributed by atoms with Gasteiger partial charge in [0.05, 0.1) is 0 Å². The summed E-state index contributed by atoms with van der Waals surface area (Å²) in [5, 5.41) is 5.15. The van der Waals surface area contributed by atoms with Gasteiger partial charge >= 0.3 is 0 Å². The van der Waals surface area contributed by atoms with Crippen molar-refractivity contribution >= 4 is 21.5 Å². The smallest absolute Gasteiger partial charge is 0.0162 e. The molecule has 8 aromatic rings. The Kier molecular flexibility index (Phi) is 6.07. The van der Waals surface area contributed by atoms with Crippen LogP contribution in [0.3, 0.4) is 0 Å². The zero-order valence-electron chi connectivity index (χ0n) is 29.0. The standard InChI is InChI=1S/C50H38/c1-49(2)43-21-13-12-16-35(43)41-28-29-42-36-27-26-34(30-44(36)50(3,4)48(42)47(41)49)46-39-19-10-8-17-37(39)45(38-18-9-11-20-40(38)46)33-24-22-32(23-25-33)31-14-6-5-7-15-31/h5-30H,1-4H3. The van der Waals surface area contributed by atoms with Crippen LogP contribution in [0.5, 0.6) is 0 Å². The van der Waals surface area contributed by atoms with Crippen molar-refractivity contribution in [2.75, 3.05) is 0 Å². The van der Waals surface area contributed by atoms with Gasteiger partial charge in [0.2, 0.25) is 0 Å². The Morgan fingerprint density at radius 1 is 0.300 bits per heavy atom. The Labute approximate surface area is 294 Å². The van der Waals surface area contributed by atoms with E-state index in [0.29, 0.717) is 0 Å². The summed E-state index contributed by atoms with van der Waals surface area (Å²) in [6, 6.07) is 58.8. The molecule has 0 saturated carbocycles. The highest BCUT2D eigenvalue weighted by molar-refractivity contribution is 6.21. The summed E-state index contributed by atoms with van der Waals surface area (Å²) in [4.78, 5) is 0. The van der Waals surface area contributed by atoms with E-state index in [4.69, 9.17) is 0 Å². The summed E-state index contributed by atoms with van der Waals surface area (Å²) in [5.74, 6) is 0. The van der Waals surface area contributed by atoms with Crippen LogP contribution < -0.4 is 0 Å². The molecule has 0 aromatic heterocycles. The molecule has 0 heteroatoms. The van der Waals surface area contributed by atoms with Crippen molar-refractivity contribution < 1.29 is 0 Å². The predicted molar refractivity (Wildman–Crippen MR) is 213 cm³/mol. The lowest BCUT2D eigenvalue weighted by Gasteiger charge is -2.31. The molecule has 0 radical (unpaired) electrons. The van der Waals surface area contributed by atoms with Gasteiger partial charge in [-0.05, 0) is 105 Å². The molecule has 0 nitrogen and oxygen atoms in total. The maximum Gasteiger partial charge on any atom is 0.0162 e. The fourth-order valence-corrected chi connectivity index (χ4v) is 9.54. The highest BCUT2D eigenvalue weighted by atomic mass is 14.5. The quantitative estimate of drug-likeness (QED) is 0.169. The Bertz CT molecular complexity index is 2610. The monoisotopic (exact) mass is 638 g/mol. The third-order valence-corrected chi connectivity index (χ3v) is 11.8. The normalized spacial score (nSPS) is 14.7. The van der Waals surface area contributed by atoms with Crippen molar-refractivity contribution in [1.29, 1.82) is 0 Å². The van der Waals surface area contributed by atoms with Crippen LogP contribution in [-0.2, 0) is 10.8 Å². The van der Waals surface area contributed by atoms with Crippen molar-refractivity contribution in [1.82, 2.24) is 0 Å². The van der Waals surface area contributed by atoms with E-state index < -0.39 is 0 Å². The molecule has 0 heterocycles. The molecule has 0 aliphatic heterocycles. The van der Waals surface area contributed by atoms with Crippen molar-refractivity contribution in [3.05, 3.63) is 180 Å². The summed E-state index contributed by atoms with van der Waals surface area (Å²) in [7, 11) is 0.